The van der Waals surface area contributed by atoms with Crippen molar-refractivity contribution in [2.75, 3.05) is 0 Å². The molecule has 0 aromatic heterocycles. The first-order valence-electron chi connectivity index (χ1n) is 6.01. The average Bonchev–Trinajstić information content (AvgIpc) is 2.38. The molecule has 0 heterocycles. The van der Waals surface area contributed by atoms with Crippen LogP contribution < -0.4 is 4.74 Å². The standard InChI is InChI=1S/C16H15FO2/c1-10-4-5-11(2)16(12(10)3)19-15-7-13(9-18)6-14(17)8-15/h4-9H,1-3H3. The molecule has 0 bridgehead atoms. The van der Waals surface area contributed by atoms with Gasteiger partial charge in [-0.2, -0.15) is 0 Å². The SMILES string of the molecule is Cc1ccc(C)c(Oc2cc(F)cc(C=O)c2)c1C. The van der Waals surface area contributed by atoms with E-state index in [-0.39, 0.29) is 5.56 Å². The summed E-state index contributed by atoms with van der Waals surface area (Å²) >= 11 is 0. The molecule has 2 rings (SSSR count). The zero-order valence-corrected chi connectivity index (χ0v) is 11.2. The Balaban J connectivity index is 2.44. The fourth-order valence-electron chi connectivity index (χ4n) is 1.91. The lowest BCUT2D eigenvalue weighted by molar-refractivity contribution is 0.112. The van der Waals surface area contributed by atoms with Gasteiger partial charge < -0.3 is 4.74 Å². The average molecular weight is 258 g/mol. The Bertz CT molecular complexity index is 633. The van der Waals surface area contributed by atoms with E-state index in [0.29, 0.717) is 17.8 Å². The lowest BCUT2D eigenvalue weighted by Gasteiger charge is -2.14. The van der Waals surface area contributed by atoms with Crippen molar-refractivity contribution in [2.45, 2.75) is 20.8 Å². The summed E-state index contributed by atoms with van der Waals surface area (Å²) < 4.78 is 19.1. The third-order valence-electron chi connectivity index (χ3n) is 3.12. The van der Waals surface area contributed by atoms with Gasteiger partial charge in [-0.25, -0.2) is 4.39 Å². The van der Waals surface area contributed by atoms with Crippen molar-refractivity contribution < 1.29 is 13.9 Å². The van der Waals surface area contributed by atoms with E-state index in [9.17, 15) is 9.18 Å². The number of carbonyl (C=O) groups is 1. The van der Waals surface area contributed by atoms with E-state index in [1.807, 2.05) is 32.9 Å². The predicted octanol–water partition coefficient (Wildman–Crippen LogP) is 4.36. The van der Waals surface area contributed by atoms with Crippen LogP contribution in [0.1, 0.15) is 27.0 Å². The van der Waals surface area contributed by atoms with Crippen molar-refractivity contribution in [3.63, 3.8) is 0 Å². The number of rotatable bonds is 3. The summed E-state index contributed by atoms with van der Waals surface area (Å²) in [6.07, 6.45) is 0.603. The molecule has 2 aromatic carbocycles. The highest BCUT2D eigenvalue weighted by atomic mass is 19.1. The predicted molar refractivity (Wildman–Crippen MR) is 72.5 cm³/mol. The second kappa shape index (κ2) is 5.22. The van der Waals surface area contributed by atoms with Crippen molar-refractivity contribution >= 4 is 6.29 Å². The van der Waals surface area contributed by atoms with Gasteiger partial charge in [0.15, 0.2) is 0 Å². The van der Waals surface area contributed by atoms with Gasteiger partial charge in [-0.15, -0.1) is 0 Å². The van der Waals surface area contributed by atoms with Crippen molar-refractivity contribution in [3.05, 3.63) is 58.4 Å². The van der Waals surface area contributed by atoms with Crippen molar-refractivity contribution in [3.8, 4) is 11.5 Å². The highest BCUT2D eigenvalue weighted by Crippen LogP contribution is 2.31. The minimum Gasteiger partial charge on any atom is -0.457 e. The summed E-state index contributed by atoms with van der Waals surface area (Å²) in [5, 5.41) is 0. The zero-order valence-electron chi connectivity index (χ0n) is 11.2. The molecule has 0 aliphatic rings. The van der Waals surface area contributed by atoms with Crippen molar-refractivity contribution in [1.29, 1.82) is 0 Å². The zero-order chi connectivity index (χ0) is 14.0. The van der Waals surface area contributed by atoms with Crippen LogP contribution in [0.2, 0.25) is 0 Å². The minimum absolute atomic E-state index is 0.262. The molecule has 0 aliphatic heterocycles. The van der Waals surface area contributed by atoms with Crippen molar-refractivity contribution in [1.82, 2.24) is 0 Å². The van der Waals surface area contributed by atoms with Gasteiger partial charge in [0.25, 0.3) is 0 Å². The van der Waals surface area contributed by atoms with E-state index in [4.69, 9.17) is 4.74 Å². The van der Waals surface area contributed by atoms with Crippen LogP contribution in [0.25, 0.3) is 0 Å². The Kier molecular flexibility index (Phi) is 3.65. The molecule has 0 unspecified atom stereocenters. The summed E-state index contributed by atoms with van der Waals surface area (Å²) in [5.41, 5.74) is 3.35. The lowest BCUT2D eigenvalue weighted by atomic mass is 10.1. The summed E-state index contributed by atoms with van der Waals surface area (Å²) in [6.45, 7) is 5.88. The Morgan fingerprint density at radius 2 is 1.74 bits per heavy atom. The first-order chi connectivity index (χ1) is 9.01. The van der Waals surface area contributed by atoms with Crippen LogP contribution in [0.5, 0.6) is 11.5 Å². The molecule has 0 radical (unpaired) electrons. The van der Waals surface area contributed by atoms with Gasteiger partial charge in [-0.3, -0.25) is 4.79 Å². The molecule has 0 N–H and O–H groups in total. The van der Waals surface area contributed by atoms with Crippen LogP contribution in [-0.2, 0) is 0 Å². The highest BCUT2D eigenvalue weighted by Gasteiger charge is 2.09. The van der Waals surface area contributed by atoms with Crippen LogP contribution in [0.15, 0.2) is 30.3 Å². The molecule has 0 amide bonds. The van der Waals surface area contributed by atoms with Crippen LogP contribution >= 0.6 is 0 Å². The van der Waals surface area contributed by atoms with Gasteiger partial charge in [0.2, 0.25) is 0 Å². The van der Waals surface area contributed by atoms with Gasteiger partial charge in [0, 0.05) is 11.6 Å². The van der Waals surface area contributed by atoms with E-state index in [0.717, 1.165) is 16.7 Å². The first kappa shape index (κ1) is 13.3. The quantitative estimate of drug-likeness (QED) is 0.765. The molecule has 98 valence electrons. The largest absolute Gasteiger partial charge is 0.457 e. The fourth-order valence-corrected chi connectivity index (χ4v) is 1.91. The fraction of sp³-hybridized carbons (Fsp3) is 0.188. The molecule has 0 fully saturated rings. The van der Waals surface area contributed by atoms with E-state index in [1.165, 1.54) is 18.2 Å². The lowest BCUT2D eigenvalue weighted by Crippen LogP contribution is -1.95. The van der Waals surface area contributed by atoms with Gasteiger partial charge in [0.05, 0.1) is 0 Å². The van der Waals surface area contributed by atoms with Crippen molar-refractivity contribution in [2.24, 2.45) is 0 Å². The van der Waals surface area contributed by atoms with Gasteiger partial charge in [-0.1, -0.05) is 12.1 Å². The molecular weight excluding hydrogens is 243 g/mol. The van der Waals surface area contributed by atoms with Crippen LogP contribution in [0.4, 0.5) is 4.39 Å². The Morgan fingerprint density at radius 1 is 1.05 bits per heavy atom. The van der Waals surface area contributed by atoms with E-state index in [1.54, 1.807) is 0 Å². The summed E-state index contributed by atoms with van der Waals surface area (Å²) in [7, 11) is 0. The molecule has 0 atom stereocenters. The van der Waals surface area contributed by atoms with Crippen LogP contribution in [0, 0.1) is 26.6 Å². The Hall–Kier alpha value is -2.16. The number of hydrogen-bond acceptors (Lipinski definition) is 2. The van der Waals surface area contributed by atoms with E-state index < -0.39 is 5.82 Å². The number of halogens is 1. The maximum atomic E-state index is 13.4. The molecule has 0 aliphatic carbocycles. The topological polar surface area (TPSA) is 26.3 Å². The monoisotopic (exact) mass is 258 g/mol. The maximum absolute atomic E-state index is 13.4. The van der Waals surface area contributed by atoms with E-state index >= 15 is 0 Å². The normalized spacial score (nSPS) is 10.3. The summed E-state index contributed by atoms with van der Waals surface area (Å²) in [6, 6.07) is 7.94. The van der Waals surface area contributed by atoms with Gasteiger partial charge in [-0.05, 0) is 49.6 Å². The highest BCUT2D eigenvalue weighted by molar-refractivity contribution is 5.75. The number of benzene rings is 2. The number of aldehydes is 1. The molecule has 2 nitrogen and oxygen atoms in total. The number of carbonyl (C=O) groups excluding carboxylic acids is 1. The molecule has 2 aromatic rings. The molecular formula is C16H15FO2. The second-order valence-corrected chi connectivity index (χ2v) is 4.59. The molecule has 0 spiro atoms. The summed E-state index contributed by atoms with van der Waals surface area (Å²) in [5.74, 6) is 0.559. The maximum Gasteiger partial charge on any atom is 0.150 e. The number of ether oxygens (including phenoxy) is 1. The number of aryl methyl sites for hydroxylation is 2. The smallest absolute Gasteiger partial charge is 0.150 e. The number of hydrogen-bond donors (Lipinski definition) is 0. The Morgan fingerprint density at radius 3 is 2.42 bits per heavy atom. The van der Waals surface area contributed by atoms with Crippen LogP contribution in [0.3, 0.4) is 0 Å². The van der Waals surface area contributed by atoms with Gasteiger partial charge in [0.1, 0.15) is 23.6 Å². The molecule has 0 saturated carbocycles. The Labute approximate surface area is 111 Å². The second-order valence-electron chi connectivity index (χ2n) is 4.59. The van der Waals surface area contributed by atoms with E-state index in [2.05, 4.69) is 0 Å². The minimum atomic E-state index is -0.484. The molecule has 3 heteroatoms. The van der Waals surface area contributed by atoms with Gasteiger partial charge >= 0.3 is 0 Å². The first-order valence-corrected chi connectivity index (χ1v) is 6.01. The van der Waals surface area contributed by atoms with Crippen LogP contribution in [-0.4, -0.2) is 6.29 Å². The molecule has 0 saturated heterocycles. The summed E-state index contributed by atoms with van der Waals surface area (Å²) in [4.78, 5) is 10.7. The molecule has 19 heavy (non-hydrogen) atoms. The third-order valence-corrected chi connectivity index (χ3v) is 3.12. The third kappa shape index (κ3) is 2.81.